The second-order valence-corrected chi connectivity index (χ2v) is 7.34. The summed E-state index contributed by atoms with van der Waals surface area (Å²) in [7, 11) is 1.57. The minimum absolute atomic E-state index is 0.359. The molecule has 0 fully saturated rings. The van der Waals surface area contributed by atoms with Gasteiger partial charge in [-0.2, -0.15) is 15.0 Å². The van der Waals surface area contributed by atoms with Gasteiger partial charge in [0.25, 0.3) is 0 Å². The van der Waals surface area contributed by atoms with Crippen molar-refractivity contribution >= 4 is 23.5 Å². The molecule has 0 amide bonds. The van der Waals surface area contributed by atoms with Gasteiger partial charge in [-0.3, -0.25) is 0 Å². The molecule has 0 atom stereocenters. The minimum atomic E-state index is 0.359. The van der Waals surface area contributed by atoms with E-state index in [1.54, 1.807) is 18.9 Å². The third-order valence-corrected chi connectivity index (χ3v) is 5.42. The van der Waals surface area contributed by atoms with Crippen LogP contribution in [0.1, 0.15) is 18.1 Å². The van der Waals surface area contributed by atoms with Crippen LogP contribution in [0, 0.1) is 0 Å². The Kier molecular flexibility index (Phi) is 6.52. The molecule has 0 bridgehead atoms. The van der Waals surface area contributed by atoms with Crippen LogP contribution in [-0.4, -0.2) is 28.3 Å². The molecule has 0 N–H and O–H groups in total. The maximum Gasteiger partial charge on any atom is 0.321 e. The Morgan fingerprint density at radius 3 is 1.92 bits per heavy atom. The molecule has 2 aromatic carbocycles. The highest BCUT2D eigenvalue weighted by atomic mass is 32.2. The summed E-state index contributed by atoms with van der Waals surface area (Å²) in [6.07, 6.45) is 3.01. The zero-order chi connectivity index (χ0) is 18.4. The number of hydrogen-bond donors (Lipinski definition) is 0. The van der Waals surface area contributed by atoms with E-state index in [4.69, 9.17) is 4.74 Å². The van der Waals surface area contributed by atoms with Gasteiger partial charge in [0.2, 0.25) is 0 Å². The smallest absolute Gasteiger partial charge is 0.321 e. The number of methoxy groups -OCH3 is 1. The molecule has 0 aliphatic heterocycles. The van der Waals surface area contributed by atoms with Crippen LogP contribution >= 0.6 is 23.5 Å². The molecule has 3 rings (SSSR count). The van der Waals surface area contributed by atoms with Crippen molar-refractivity contribution < 1.29 is 4.74 Å². The molecule has 1 heterocycles. The molecule has 26 heavy (non-hydrogen) atoms. The average molecular weight is 384 g/mol. The SMILES string of the molecule is CCc1ccc(-c2ccc(CSc3nc(OC)nc(SC)n3)cc2)cc1. The number of hydrogen-bond acceptors (Lipinski definition) is 6. The first kappa shape index (κ1) is 18.7. The molecule has 0 saturated heterocycles. The largest absolute Gasteiger partial charge is 0.467 e. The van der Waals surface area contributed by atoms with Crippen molar-refractivity contribution in [1.82, 2.24) is 15.0 Å². The summed E-state index contributed by atoms with van der Waals surface area (Å²) in [6, 6.07) is 17.8. The Morgan fingerprint density at radius 2 is 1.38 bits per heavy atom. The first-order valence-corrected chi connectivity index (χ1v) is 10.6. The van der Waals surface area contributed by atoms with E-state index >= 15 is 0 Å². The predicted molar refractivity (Wildman–Crippen MR) is 109 cm³/mol. The summed E-state index contributed by atoms with van der Waals surface area (Å²) in [5, 5.41) is 1.35. The normalized spacial score (nSPS) is 10.7. The Morgan fingerprint density at radius 1 is 0.808 bits per heavy atom. The topological polar surface area (TPSA) is 47.9 Å². The number of benzene rings is 2. The lowest BCUT2D eigenvalue weighted by Crippen LogP contribution is -1.98. The van der Waals surface area contributed by atoms with Crippen LogP contribution in [0.25, 0.3) is 11.1 Å². The van der Waals surface area contributed by atoms with Gasteiger partial charge in [-0.1, -0.05) is 79.0 Å². The van der Waals surface area contributed by atoms with Crippen LogP contribution < -0.4 is 4.74 Å². The Labute approximate surface area is 162 Å². The Balaban J connectivity index is 1.67. The summed E-state index contributed by atoms with van der Waals surface area (Å²) >= 11 is 3.06. The molecule has 0 unspecified atom stereocenters. The van der Waals surface area contributed by atoms with Crippen molar-refractivity contribution in [1.29, 1.82) is 0 Å². The zero-order valence-corrected chi connectivity index (χ0v) is 16.7. The Hall–Kier alpha value is -2.05. The fourth-order valence-electron chi connectivity index (χ4n) is 2.44. The molecule has 6 heteroatoms. The molecule has 0 radical (unpaired) electrons. The standard InChI is InChI=1S/C20H21N3OS2/c1-4-14-5-9-16(10-6-14)17-11-7-15(8-12-17)13-26-20-22-18(24-2)21-19(23-20)25-3/h5-12H,4,13H2,1-3H3. The first-order chi connectivity index (χ1) is 12.7. The maximum absolute atomic E-state index is 5.14. The number of nitrogens with zero attached hydrogens (tertiary/aromatic N) is 3. The number of aryl methyl sites for hydroxylation is 1. The average Bonchev–Trinajstić information content (AvgIpc) is 2.72. The van der Waals surface area contributed by atoms with Gasteiger partial charge in [0.1, 0.15) is 0 Å². The van der Waals surface area contributed by atoms with E-state index in [0.717, 1.165) is 12.2 Å². The zero-order valence-electron chi connectivity index (χ0n) is 15.1. The maximum atomic E-state index is 5.14. The number of aromatic nitrogens is 3. The summed E-state index contributed by atoms with van der Waals surface area (Å²) in [5.41, 5.74) is 5.06. The Bertz CT molecular complexity index is 830. The molecule has 0 saturated carbocycles. The third-order valence-electron chi connectivity index (χ3n) is 3.96. The third kappa shape index (κ3) is 4.77. The van der Waals surface area contributed by atoms with E-state index in [9.17, 15) is 0 Å². The molecular weight excluding hydrogens is 362 g/mol. The van der Waals surface area contributed by atoms with Gasteiger partial charge in [0, 0.05) is 5.75 Å². The molecule has 0 aliphatic carbocycles. The van der Waals surface area contributed by atoms with Gasteiger partial charge < -0.3 is 4.74 Å². The van der Waals surface area contributed by atoms with E-state index in [1.807, 2.05) is 6.26 Å². The van der Waals surface area contributed by atoms with E-state index < -0.39 is 0 Å². The molecule has 4 nitrogen and oxygen atoms in total. The van der Waals surface area contributed by atoms with Gasteiger partial charge in [-0.15, -0.1) is 0 Å². The number of ether oxygens (including phenoxy) is 1. The van der Waals surface area contributed by atoms with Crippen LogP contribution in [0.5, 0.6) is 6.01 Å². The lowest BCUT2D eigenvalue weighted by Gasteiger charge is -2.06. The minimum Gasteiger partial charge on any atom is -0.467 e. The molecule has 3 aromatic rings. The van der Waals surface area contributed by atoms with Gasteiger partial charge in [0.05, 0.1) is 7.11 Å². The molecule has 0 spiro atoms. The van der Waals surface area contributed by atoms with Crippen LogP contribution in [0.4, 0.5) is 0 Å². The summed E-state index contributed by atoms with van der Waals surface area (Å²) in [5.74, 6) is 0.802. The van der Waals surface area contributed by atoms with Gasteiger partial charge in [-0.05, 0) is 34.9 Å². The molecule has 1 aromatic heterocycles. The number of thioether (sulfide) groups is 2. The predicted octanol–water partition coefficient (Wildman–Crippen LogP) is 5.12. The van der Waals surface area contributed by atoms with Gasteiger partial charge in [-0.25, -0.2) is 0 Å². The van der Waals surface area contributed by atoms with Crippen molar-refractivity contribution in [3.63, 3.8) is 0 Å². The van der Waals surface area contributed by atoms with E-state index in [0.29, 0.717) is 16.3 Å². The van der Waals surface area contributed by atoms with Gasteiger partial charge >= 0.3 is 6.01 Å². The van der Waals surface area contributed by atoms with Crippen molar-refractivity contribution in [2.24, 2.45) is 0 Å². The van der Waals surface area contributed by atoms with Crippen molar-refractivity contribution in [3.8, 4) is 17.1 Å². The van der Waals surface area contributed by atoms with E-state index in [1.165, 1.54) is 34.0 Å². The highest BCUT2D eigenvalue weighted by Crippen LogP contribution is 2.25. The number of rotatable bonds is 7. The highest BCUT2D eigenvalue weighted by molar-refractivity contribution is 7.99. The van der Waals surface area contributed by atoms with Crippen molar-refractivity contribution in [3.05, 3.63) is 59.7 Å². The van der Waals surface area contributed by atoms with Gasteiger partial charge in [0.15, 0.2) is 10.3 Å². The van der Waals surface area contributed by atoms with E-state index in [-0.39, 0.29) is 0 Å². The summed E-state index contributed by atoms with van der Waals surface area (Å²) < 4.78 is 5.14. The lowest BCUT2D eigenvalue weighted by molar-refractivity contribution is 0.366. The quantitative estimate of drug-likeness (QED) is 0.528. The monoisotopic (exact) mass is 383 g/mol. The fourth-order valence-corrected chi connectivity index (χ4v) is 3.63. The molecular formula is C20H21N3OS2. The molecule has 134 valence electrons. The second-order valence-electron chi connectivity index (χ2n) is 5.63. The highest BCUT2D eigenvalue weighted by Gasteiger charge is 2.07. The van der Waals surface area contributed by atoms with Crippen LogP contribution in [0.15, 0.2) is 58.8 Å². The van der Waals surface area contributed by atoms with E-state index in [2.05, 4.69) is 70.4 Å². The fraction of sp³-hybridized carbons (Fsp3) is 0.250. The summed E-state index contributed by atoms with van der Waals surface area (Å²) in [4.78, 5) is 12.9. The van der Waals surface area contributed by atoms with Crippen LogP contribution in [-0.2, 0) is 12.2 Å². The second kappa shape index (κ2) is 9.05. The lowest BCUT2D eigenvalue weighted by atomic mass is 10.0. The summed E-state index contributed by atoms with van der Waals surface area (Å²) in [6.45, 7) is 2.17. The van der Waals surface area contributed by atoms with Crippen molar-refractivity contribution in [2.75, 3.05) is 13.4 Å². The van der Waals surface area contributed by atoms with Crippen LogP contribution in [0.2, 0.25) is 0 Å². The molecule has 0 aliphatic rings. The first-order valence-electron chi connectivity index (χ1n) is 8.37. The van der Waals surface area contributed by atoms with Crippen molar-refractivity contribution in [2.45, 2.75) is 29.4 Å². The van der Waals surface area contributed by atoms with Crippen LogP contribution in [0.3, 0.4) is 0 Å².